The largest absolute Gasteiger partial charge is 0.398 e. The van der Waals surface area contributed by atoms with Crippen LogP contribution in [-0.4, -0.2) is 21.1 Å². The second-order valence-corrected chi connectivity index (χ2v) is 6.92. The molecule has 1 amide bonds. The lowest BCUT2D eigenvalue weighted by molar-refractivity contribution is -0.116. The first-order chi connectivity index (χ1) is 8.91. The molecular weight excluding hydrogens is 260 g/mol. The molecule has 4 nitrogen and oxygen atoms in total. The Morgan fingerprint density at radius 2 is 2.11 bits per heavy atom. The van der Waals surface area contributed by atoms with Crippen LogP contribution in [0.15, 0.2) is 18.2 Å². The standard InChI is InChI=1S/C14H22N2O2S/c1-10(2)19(18)9-5-8-14(17)16-13-7-4-6-12(15)11(13)3/h4,6-7,10H,5,8-9,15H2,1-3H3,(H,16,17). The molecule has 0 spiro atoms. The number of hydrogen-bond donors (Lipinski definition) is 2. The maximum absolute atomic E-state index is 11.8. The summed E-state index contributed by atoms with van der Waals surface area (Å²) in [5, 5.41) is 2.99. The summed E-state index contributed by atoms with van der Waals surface area (Å²) in [6.07, 6.45) is 1.02. The molecule has 0 aliphatic heterocycles. The van der Waals surface area contributed by atoms with Gasteiger partial charge >= 0.3 is 0 Å². The second-order valence-electron chi connectivity index (χ2n) is 4.81. The Labute approximate surface area is 117 Å². The van der Waals surface area contributed by atoms with Gasteiger partial charge in [0.15, 0.2) is 0 Å². The molecule has 1 unspecified atom stereocenters. The van der Waals surface area contributed by atoms with Gasteiger partial charge in [-0.1, -0.05) is 19.9 Å². The Balaban J connectivity index is 2.44. The smallest absolute Gasteiger partial charge is 0.224 e. The van der Waals surface area contributed by atoms with Gasteiger partial charge in [0.05, 0.1) is 0 Å². The van der Waals surface area contributed by atoms with Gasteiger partial charge in [0.2, 0.25) is 5.91 Å². The molecule has 0 bridgehead atoms. The van der Waals surface area contributed by atoms with E-state index in [0.717, 1.165) is 11.3 Å². The molecule has 1 atom stereocenters. The molecule has 0 heterocycles. The Bertz CT molecular complexity index is 473. The van der Waals surface area contributed by atoms with Crippen LogP contribution in [-0.2, 0) is 15.6 Å². The highest BCUT2D eigenvalue weighted by Crippen LogP contribution is 2.20. The number of carbonyl (C=O) groups excluding carboxylic acids is 1. The Hall–Kier alpha value is -1.36. The highest BCUT2D eigenvalue weighted by atomic mass is 32.2. The molecule has 0 radical (unpaired) electrons. The summed E-state index contributed by atoms with van der Waals surface area (Å²) in [6.45, 7) is 5.72. The van der Waals surface area contributed by atoms with E-state index in [1.165, 1.54) is 0 Å². The second kappa shape index (κ2) is 7.28. The molecular formula is C14H22N2O2S. The summed E-state index contributed by atoms with van der Waals surface area (Å²) in [7, 11) is -0.843. The molecule has 106 valence electrons. The zero-order valence-electron chi connectivity index (χ0n) is 11.7. The van der Waals surface area contributed by atoms with E-state index in [1.807, 2.05) is 32.9 Å². The van der Waals surface area contributed by atoms with Crippen molar-refractivity contribution >= 4 is 28.1 Å². The van der Waals surface area contributed by atoms with E-state index < -0.39 is 10.8 Å². The first-order valence-corrected chi connectivity index (χ1v) is 7.82. The van der Waals surface area contributed by atoms with E-state index in [2.05, 4.69) is 5.32 Å². The minimum atomic E-state index is -0.843. The van der Waals surface area contributed by atoms with Crippen molar-refractivity contribution in [1.82, 2.24) is 0 Å². The van der Waals surface area contributed by atoms with Crippen molar-refractivity contribution in [3.05, 3.63) is 23.8 Å². The van der Waals surface area contributed by atoms with Crippen LogP contribution >= 0.6 is 0 Å². The van der Waals surface area contributed by atoms with Gasteiger partial charge in [-0.3, -0.25) is 9.00 Å². The molecule has 3 N–H and O–H groups in total. The molecule has 0 fully saturated rings. The highest BCUT2D eigenvalue weighted by molar-refractivity contribution is 7.85. The minimum Gasteiger partial charge on any atom is -0.398 e. The number of carbonyl (C=O) groups is 1. The Morgan fingerprint density at radius 3 is 2.74 bits per heavy atom. The zero-order valence-corrected chi connectivity index (χ0v) is 12.5. The van der Waals surface area contributed by atoms with Crippen LogP contribution in [0.1, 0.15) is 32.3 Å². The van der Waals surface area contributed by atoms with Crippen molar-refractivity contribution in [1.29, 1.82) is 0 Å². The van der Waals surface area contributed by atoms with Gasteiger partial charge in [0.25, 0.3) is 0 Å². The number of hydrogen-bond acceptors (Lipinski definition) is 3. The van der Waals surface area contributed by atoms with Crippen LogP contribution in [0, 0.1) is 6.92 Å². The van der Waals surface area contributed by atoms with E-state index in [9.17, 15) is 9.00 Å². The lowest BCUT2D eigenvalue weighted by atomic mass is 10.1. The van der Waals surface area contributed by atoms with Gasteiger partial charge in [-0.05, 0) is 31.0 Å². The van der Waals surface area contributed by atoms with Gasteiger partial charge in [-0.25, -0.2) is 0 Å². The van der Waals surface area contributed by atoms with Gasteiger partial charge in [-0.15, -0.1) is 0 Å². The fourth-order valence-electron chi connectivity index (χ4n) is 1.61. The Kier molecular flexibility index (Phi) is 6.02. The van der Waals surface area contributed by atoms with Crippen molar-refractivity contribution < 1.29 is 9.00 Å². The molecule has 19 heavy (non-hydrogen) atoms. The molecule has 1 rings (SSSR count). The van der Waals surface area contributed by atoms with Crippen LogP contribution in [0.4, 0.5) is 11.4 Å². The van der Waals surface area contributed by atoms with Crippen molar-refractivity contribution in [2.45, 2.75) is 38.9 Å². The SMILES string of the molecule is Cc1c(N)cccc1NC(=O)CCCS(=O)C(C)C. The maximum atomic E-state index is 11.8. The first kappa shape index (κ1) is 15.7. The fourth-order valence-corrected chi connectivity index (χ4v) is 2.51. The van der Waals surface area contributed by atoms with Crippen LogP contribution in [0.3, 0.4) is 0 Å². The van der Waals surface area contributed by atoms with Crippen molar-refractivity contribution in [3.63, 3.8) is 0 Å². The number of nitrogen functional groups attached to an aromatic ring is 1. The fraction of sp³-hybridized carbons (Fsp3) is 0.500. The number of nitrogens with one attached hydrogen (secondary N) is 1. The van der Waals surface area contributed by atoms with Crippen LogP contribution in [0.2, 0.25) is 0 Å². The Morgan fingerprint density at radius 1 is 1.42 bits per heavy atom. The molecule has 0 aliphatic carbocycles. The summed E-state index contributed by atoms with van der Waals surface area (Å²) in [6, 6.07) is 5.44. The van der Waals surface area contributed by atoms with Crippen LogP contribution in [0.5, 0.6) is 0 Å². The third kappa shape index (κ3) is 5.03. The topological polar surface area (TPSA) is 72.2 Å². The third-order valence-electron chi connectivity index (χ3n) is 2.92. The molecule has 0 aromatic heterocycles. The van der Waals surface area contributed by atoms with E-state index in [0.29, 0.717) is 24.3 Å². The quantitative estimate of drug-likeness (QED) is 0.787. The van der Waals surface area contributed by atoms with Gasteiger partial charge in [0.1, 0.15) is 0 Å². The molecule has 0 saturated carbocycles. The first-order valence-electron chi connectivity index (χ1n) is 6.44. The van der Waals surface area contributed by atoms with Crippen molar-refractivity contribution in [2.24, 2.45) is 0 Å². The van der Waals surface area contributed by atoms with Crippen LogP contribution < -0.4 is 11.1 Å². The molecule has 1 aromatic rings. The average Bonchev–Trinajstić information content (AvgIpc) is 2.34. The number of nitrogens with two attached hydrogens (primary N) is 1. The molecule has 0 saturated heterocycles. The van der Waals surface area contributed by atoms with Crippen molar-refractivity contribution in [3.8, 4) is 0 Å². The summed E-state index contributed by atoms with van der Waals surface area (Å²) in [5.41, 5.74) is 8.07. The lowest BCUT2D eigenvalue weighted by Gasteiger charge is -2.10. The van der Waals surface area contributed by atoms with E-state index in [4.69, 9.17) is 5.73 Å². The molecule has 5 heteroatoms. The number of benzene rings is 1. The average molecular weight is 282 g/mol. The number of amides is 1. The van der Waals surface area contributed by atoms with E-state index in [1.54, 1.807) is 6.07 Å². The highest BCUT2D eigenvalue weighted by Gasteiger charge is 2.09. The third-order valence-corrected chi connectivity index (χ3v) is 4.67. The predicted octanol–water partition coefficient (Wildman–Crippen LogP) is 2.45. The molecule has 0 aliphatic rings. The normalized spacial score (nSPS) is 12.4. The number of rotatable bonds is 6. The summed E-state index contributed by atoms with van der Waals surface area (Å²) < 4.78 is 11.5. The van der Waals surface area contributed by atoms with Gasteiger partial charge < -0.3 is 11.1 Å². The van der Waals surface area contributed by atoms with E-state index in [-0.39, 0.29) is 11.2 Å². The lowest BCUT2D eigenvalue weighted by Crippen LogP contribution is -2.15. The van der Waals surface area contributed by atoms with Gasteiger partial charge in [0, 0.05) is 39.6 Å². The van der Waals surface area contributed by atoms with Crippen LogP contribution in [0.25, 0.3) is 0 Å². The summed E-state index contributed by atoms with van der Waals surface area (Å²) in [4.78, 5) is 11.8. The van der Waals surface area contributed by atoms with Crippen molar-refractivity contribution in [2.75, 3.05) is 16.8 Å². The van der Waals surface area contributed by atoms with Gasteiger partial charge in [-0.2, -0.15) is 0 Å². The molecule has 1 aromatic carbocycles. The zero-order chi connectivity index (χ0) is 14.4. The minimum absolute atomic E-state index is 0.0607. The predicted molar refractivity (Wildman–Crippen MR) is 81.6 cm³/mol. The summed E-state index contributed by atoms with van der Waals surface area (Å²) in [5.74, 6) is 0.510. The maximum Gasteiger partial charge on any atom is 0.224 e. The number of anilines is 2. The monoisotopic (exact) mass is 282 g/mol. The van der Waals surface area contributed by atoms with E-state index >= 15 is 0 Å². The summed E-state index contributed by atoms with van der Waals surface area (Å²) >= 11 is 0.